The van der Waals surface area contributed by atoms with E-state index in [1.807, 2.05) is 0 Å². The van der Waals surface area contributed by atoms with E-state index >= 15 is 0 Å². The molecule has 104 valence electrons. The van der Waals surface area contributed by atoms with Crippen LogP contribution in [0, 0.1) is 0 Å². The predicted octanol–water partition coefficient (Wildman–Crippen LogP) is 2.38. The van der Waals surface area contributed by atoms with Crippen LogP contribution < -0.4 is 10.1 Å². The third-order valence-electron chi connectivity index (χ3n) is 3.28. The number of amides is 1. The van der Waals surface area contributed by atoms with E-state index in [9.17, 15) is 4.79 Å². The molecule has 2 rings (SSSR count). The Hall–Kier alpha value is -1.07. The Kier molecular flexibility index (Phi) is 5.22. The van der Waals surface area contributed by atoms with Gasteiger partial charge in [-0.2, -0.15) is 0 Å². The molecule has 19 heavy (non-hydrogen) atoms. The minimum absolute atomic E-state index is 0.0169. The highest BCUT2D eigenvalue weighted by Crippen LogP contribution is 2.22. The Morgan fingerprint density at radius 1 is 1.42 bits per heavy atom. The van der Waals surface area contributed by atoms with Crippen molar-refractivity contribution < 1.29 is 14.6 Å². The average molecular weight is 328 g/mol. The molecule has 0 saturated heterocycles. The first-order chi connectivity index (χ1) is 9.19. The maximum absolute atomic E-state index is 11.7. The van der Waals surface area contributed by atoms with Gasteiger partial charge in [0.1, 0.15) is 5.75 Å². The molecule has 1 aromatic rings. The van der Waals surface area contributed by atoms with Crippen molar-refractivity contribution in [2.45, 2.75) is 38.3 Å². The van der Waals surface area contributed by atoms with Gasteiger partial charge in [0, 0.05) is 10.5 Å². The highest BCUT2D eigenvalue weighted by molar-refractivity contribution is 9.10. The lowest BCUT2D eigenvalue weighted by molar-refractivity contribution is -0.123. The maximum atomic E-state index is 11.7. The quantitative estimate of drug-likeness (QED) is 0.872. The molecule has 5 heteroatoms. The van der Waals surface area contributed by atoms with Gasteiger partial charge in [-0.3, -0.25) is 4.79 Å². The van der Waals surface area contributed by atoms with Crippen molar-refractivity contribution in [1.29, 1.82) is 0 Å². The Morgan fingerprint density at radius 2 is 2.16 bits per heavy atom. The van der Waals surface area contributed by atoms with Gasteiger partial charge in [0.25, 0.3) is 5.91 Å². The zero-order chi connectivity index (χ0) is 13.7. The third kappa shape index (κ3) is 4.21. The van der Waals surface area contributed by atoms with Crippen LogP contribution >= 0.6 is 15.9 Å². The second kappa shape index (κ2) is 6.91. The largest absolute Gasteiger partial charge is 0.484 e. The summed E-state index contributed by atoms with van der Waals surface area (Å²) in [6.07, 6.45) is 4.52. The van der Waals surface area contributed by atoms with Crippen molar-refractivity contribution in [3.05, 3.63) is 28.2 Å². The molecule has 0 radical (unpaired) electrons. The van der Waals surface area contributed by atoms with Crippen molar-refractivity contribution in [1.82, 2.24) is 5.32 Å². The van der Waals surface area contributed by atoms with Crippen LogP contribution in [0.3, 0.4) is 0 Å². The van der Waals surface area contributed by atoms with E-state index in [1.54, 1.807) is 18.2 Å². The van der Waals surface area contributed by atoms with E-state index in [2.05, 4.69) is 21.2 Å². The van der Waals surface area contributed by atoms with Crippen molar-refractivity contribution in [2.24, 2.45) is 0 Å². The highest BCUT2D eigenvalue weighted by Gasteiger charge is 2.17. The number of benzene rings is 1. The number of ether oxygens (including phenoxy) is 1. The average Bonchev–Trinajstić information content (AvgIpc) is 2.90. The molecule has 0 unspecified atom stereocenters. The van der Waals surface area contributed by atoms with Gasteiger partial charge < -0.3 is 15.2 Å². The van der Waals surface area contributed by atoms with Crippen molar-refractivity contribution in [2.75, 3.05) is 6.61 Å². The molecule has 1 fully saturated rings. The molecule has 4 nitrogen and oxygen atoms in total. The molecule has 1 saturated carbocycles. The van der Waals surface area contributed by atoms with Crippen molar-refractivity contribution in [3.63, 3.8) is 0 Å². The monoisotopic (exact) mass is 327 g/mol. The molecule has 2 N–H and O–H groups in total. The molecule has 0 aliphatic heterocycles. The molecule has 1 aromatic carbocycles. The molecule has 0 spiro atoms. The zero-order valence-corrected chi connectivity index (χ0v) is 12.3. The Labute approximate surface area is 121 Å². The second-order valence-electron chi connectivity index (χ2n) is 4.75. The smallest absolute Gasteiger partial charge is 0.258 e. The molecule has 0 atom stereocenters. The highest BCUT2D eigenvalue weighted by atomic mass is 79.9. The van der Waals surface area contributed by atoms with Crippen LogP contribution in [0.2, 0.25) is 0 Å². The van der Waals surface area contributed by atoms with Gasteiger partial charge in [-0.05, 0) is 36.6 Å². The number of hydrogen-bond donors (Lipinski definition) is 2. The summed E-state index contributed by atoms with van der Waals surface area (Å²) in [5, 5.41) is 12.1. The molecule has 0 aromatic heterocycles. The predicted molar refractivity (Wildman–Crippen MR) is 76.0 cm³/mol. The van der Waals surface area contributed by atoms with Gasteiger partial charge in [0.05, 0.1) is 6.61 Å². The number of rotatable bonds is 5. The van der Waals surface area contributed by atoms with Gasteiger partial charge in [0.2, 0.25) is 0 Å². The topological polar surface area (TPSA) is 58.6 Å². The fourth-order valence-corrected chi connectivity index (χ4v) is 2.62. The summed E-state index contributed by atoms with van der Waals surface area (Å²) < 4.78 is 6.26. The van der Waals surface area contributed by atoms with Crippen LogP contribution in [-0.4, -0.2) is 23.7 Å². The molecule has 1 aliphatic rings. The Balaban J connectivity index is 1.82. The standard InChI is InChI=1S/C14H18BrNO3/c15-13-6-5-12(7-10(13)8-17)19-9-14(18)16-11-3-1-2-4-11/h5-7,11,17H,1-4,8-9H2,(H,16,18). The first kappa shape index (κ1) is 14.3. The van der Waals surface area contributed by atoms with Crippen LogP contribution in [0.25, 0.3) is 0 Å². The molecule has 1 aliphatic carbocycles. The number of aliphatic hydroxyl groups excluding tert-OH is 1. The zero-order valence-electron chi connectivity index (χ0n) is 10.7. The summed E-state index contributed by atoms with van der Waals surface area (Å²) in [5.74, 6) is 0.509. The van der Waals surface area contributed by atoms with Crippen LogP contribution in [0.5, 0.6) is 5.75 Å². The van der Waals surface area contributed by atoms with Crippen LogP contribution in [0.1, 0.15) is 31.2 Å². The summed E-state index contributed by atoms with van der Waals surface area (Å²) in [7, 11) is 0. The lowest BCUT2D eigenvalue weighted by Crippen LogP contribution is -2.36. The van der Waals surface area contributed by atoms with Crippen molar-refractivity contribution >= 4 is 21.8 Å². The van der Waals surface area contributed by atoms with Gasteiger partial charge in [-0.15, -0.1) is 0 Å². The lowest BCUT2D eigenvalue weighted by atomic mass is 10.2. The minimum Gasteiger partial charge on any atom is -0.484 e. The third-order valence-corrected chi connectivity index (χ3v) is 4.05. The summed E-state index contributed by atoms with van der Waals surface area (Å²) in [4.78, 5) is 11.7. The Bertz CT molecular complexity index is 444. The van der Waals surface area contributed by atoms with E-state index < -0.39 is 0 Å². The van der Waals surface area contributed by atoms with Crippen LogP contribution in [0.15, 0.2) is 22.7 Å². The van der Waals surface area contributed by atoms with Gasteiger partial charge in [-0.1, -0.05) is 28.8 Å². The summed E-state index contributed by atoms with van der Waals surface area (Å²) in [6.45, 7) is -0.0466. The summed E-state index contributed by atoms with van der Waals surface area (Å²) in [6, 6.07) is 5.61. The first-order valence-corrected chi connectivity index (χ1v) is 7.30. The van der Waals surface area contributed by atoms with E-state index in [0.717, 1.165) is 22.9 Å². The Morgan fingerprint density at radius 3 is 2.84 bits per heavy atom. The van der Waals surface area contributed by atoms with E-state index in [0.29, 0.717) is 11.8 Å². The van der Waals surface area contributed by atoms with Gasteiger partial charge in [0.15, 0.2) is 6.61 Å². The van der Waals surface area contributed by atoms with Gasteiger partial charge in [-0.25, -0.2) is 0 Å². The molecule has 0 heterocycles. The normalized spacial score (nSPS) is 15.5. The second-order valence-corrected chi connectivity index (χ2v) is 5.60. The van der Waals surface area contributed by atoms with Crippen molar-refractivity contribution in [3.8, 4) is 5.75 Å². The molecule has 0 bridgehead atoms. The fraction of sp³-hybridized carbons (Fsp3) is 0.500. The number of halogens is 1. The van der Waals surface area contributed by atoms with Crippen LogP contribution in [0.4, 0.5) is 0 Å². The first-order valence-electron chi connectivity index (χ1n) is 6.50. The van der Waals surface area contributed by atoms with Crippen LogP contribution in [-0.2, 0) is 11.4 Å². The number of aliphatic hydroxyl groups is 1. The summed E-state index contributed by atoms with van der Waals surface area (Å²) >= 11 is 3.33. The SMILES string of the molecule is O=C(COc1ccc(Br)c(CO)c1)NC1CCCC1. The molecular weight excluding hydrogens is 310 g/mol. The summed E-state index contributed by atoms with van der Waals surface area (Å²) in [5.41, 5.74) is 0.744. The lowest BCUT2D eigenvalue weighted by Gasteiger charge is -2.13. The number of hydrogen-bond acceptors (Lipinski definition) is 3. The number of nitrogens with one attached hydrogen (secondary N) is 1. The van der Waals surface area contributed by atoms with E-state index in [1.165, 1.54) is 12.8 Å². The molecular formula is C14H18BrNO3. The van der Waals surface area contributed by atoms with Gasteiger partial charge >= 0.3 is 0 Å². The molecule has 1 amide bonds. The number of carbonyl (C=O) groups excluding carboxylic acids is 1. The minimum atomic E-state index is -0.0830. The van der Waals surface area contributed by atoms with E-state index in [-0.39, 0.29) is 19.1 Å². The fourth-order valence-electron chi connectivity index (χ4n) is 2.25. The number of carbonyl (C=O) groups is 1. The maximum Gasteiger partial charge on any atom is 0.258 e. The van der Waals surface area contributed by atoms with E-state index in [4.69, 9.17) is 9.84 Å².